The lowest BCUT2D eigenvalue weighted by Gasteiger charge is -2.41. The summed E-state index contributed by atoms with van der Waals surface area (Å²) in [5.41, 5.74) is 0. The molecule has 2 aliphatic heterocycles. The number of carbonyl (C=O) groups excluding carboxylic acids is 1. The molecule has 2 heterocycles. The Bertz CT molecular complexity index is 361. The van der Waals surface area contributed by atoms with E-state index in [1.165, 1.54) is 4.90 Å². The number of carboxylic acid groups (broad SMARTS) is 1. The molecule has 0 aromatic heterocycles. The third-order valence-corrected chi connectivity index (χ3v) is 4.30. The molecule has 0 aliphatic carbocycles. The lowest BCUT2D eigenvalue weighted by atomic mass is 10.1. The number of carbonyl (C=O) groups is 2. The lowest BCUT2D eigenvalue weighted by Crippen LogP contribution is -2.57. The summed E-state index contributed by atoms with van der Waals surface area (Å²) >= 11 is 0. The van der Waals surface area contributed by atoms with Crippen LogP contribution in [0.4, 0.5) is 4.79 Å². The van der Waals surface area contributed by atoms with Crippen molar-refractivity contribution in [1.82, 2.24) is 14.7 Å². The van der Waals surface area contributed by atoms with Crippen LogP contribution in [0, 0.1) is 0 Å². The van der Waals surface area contributed by atoms with Gasteiger partial charge in [-0.2, -0.15) is 0 Å². The molecule has 0 bridgehead atoms. The van der Waals surface area contributed by atoms with Crippen LogP contribution < -0.4 is 0 Å². The molecule has 19 heavy (non-hydrogen) atoms. The zero-order valence-corrected chi connectivity index (χ0v) is 11.7. The molecule has 6 heteroatoms. The fraction of sp³-hybridized carbons (Fsp3) is 0.846. The summed E-state index contributed by atoms with van der Waals surface area (Å²) in [5.74, 6) is -0.882. The Hall–Kier alpha value is -1.30. The molecule has 2 fully saturated rings. The molecule has 1 unspecified atom stereocenters. The van der Waals surface area contributed by atoms with Gasteiger partial charge in [-0.15, -0.1) is 0 Å². The van der Waals surface area contributed by atoms with Crippen LogP contribution in [0.15, 0.2) is 0 Å². The van der Waals surface area contributed by atoms with Crippen LogP contribution in [-0.4, -0.2) is 77.1 Å². The molecule has 2 saturated heterocycles. The summed E-state index contributed by atoms with van der Waals surface area (Å²) < 4.78 is 0. The van der Waals surface area contributed by atoms with Crippen LogP contribution in [0.2, 0.25) is 0 Å². The number of likely N-dealkylation sites (tertiary alicyclic amines) is 1. The number of urea groups is 1. The lowest BCUT2D eigenvalue weighted by molar-refractivity contribution is -0.141. The average molecular weight is 269 g/mol. The van der Waals surface area contributed by atoms with Gasteiger partial charge in [-0.05, 0) is 26.3 Å². The summed E-state index contributed by atoms with van der Waals surface area (Å²) in [7, 11) is 2.08. The van der Waals surface area contributed by atoms with E-state index in [1.54, 1.807) is 0 Å². The highest BCUT2D eigenvalue weighted by molar-refractivity contribution is 5.83. The fourth-order valence-electron chi connectivity index (χ4n) is 2.99. The summed E-state index contributed by atoms with van der Waals surface area (Å²) in [6.07, 6.45) is 2.36. The number of hydrogen-bond acceptors (Lipinski definition) is 3. The van der Waals surface area contributed by atoms with E-state index < -0.39 is 12.0 Å². The summed E-state index contributed by atoms with van der Waals surface area (Å²) in [6.45, 7) is 4.93. The topological polar surface area (TPSA) is 64.1 Å². The Morgan fingerprint density at radius 1 is 1.26 bits per heavy atom. The minimum atomic E-state index is -0.882. The van der Waals surface area contributed by atoms with Gasteiger partial charge in [0.2, 0.25) is 0 Å². The van der Waals surface area contributed by atoms with Gasteiger partial charge in [0.15, 0.2) is 0 Å². The quantitative estimate of drug-likeness (QED) is 0.801. The SMILES string of the molecule is CCC1CN(C(=O)N2CCC[C@@H]2C(=O)O)CCN1C. The van der Waals surface area contributed by atoms with E-state index in [1.807, 2.05) is 4.90 Å². The van der Waals surface area contributed by atoms with Gasteiger partial charge < -0.3 is 14.9 Å². The molecule has 0 spiro atoms. The molecule has 2 aliphatic rings. The Morgan fingerprint density at radius 2 is 2.00 bits per heavy atom. The number of amides is 2. The molecular formula is C13H23N3O3. The second-order valence-corrected chi connectivity index (χ2v) is 5.46. The van der Waals surface area contributed by atoms with E-state index in [4.69, 9.17) is 5.11 Å². The van der Waals surface area contributed by atoms with Crippen LogP contribution in [0.1, 0.15) is 26.2 Å². The van der Waals surface area contributed by atoms with E-state index in [2.05, 4.69) is 18.9 Å². The van der Waals surface area contributed by atoms with Crippen molar-refractivity contribution in [2.24, 2.45) is 0 Å². The summed E-state index contributed by atoms with van der Waals surface area (Å²) in [6, 6.07) is -0.354. The predicted octanol–water partition coefficient (Wildman–Crippen LogP) is 0.681. The van der Waals surface area contributed by atoms with Crippen molar-refractivity contribution >= 4 is 12.0 Å². The molecule has 0 aromatic rings. The minimum Gasteiger partial charge on any atom is -0.480 e. The van der Waals surface area contributed by atoms with Gasteiger partial charge in [0.1, 0.15) is 6.04 Å². The maximum Gasteiger partial charge on any atom is 0.326 e. The zero-order valence-electron chi connectivity index (χ0n) is 11.7. The predicted molar refractivity (Wildman–Crippen MR) is 71.0 cm³/mol. The van der Waals surface area contributed by atoms with E-state index in [0.717, 1.165) is 19.4 Å². The average Bonchev–Trinajstić information content (AvgIpc) is 2.87. The molecule has 0 aromatic carbocycles. The first kappa shape index (κ1) is 14.1. The Labute approximate surface area is 114 Å². The molecular weight excluding hydrogens is 246 g/mol. The van der Waals surface area contributed by atoms with Gasteiger partial charge in [-0.1, -0.05) is 6.92 Å². The highest BCUT2D eigenvalue weighted by Gasteiger charge is 2.37. The highest BCUT2D eigenvalue weighted by Crippen LogP contribution is 2.21. The first-order chi connectivity index (χ1) is 9.04. The zero-order chi connectivity index (χ0) is 14.0. The Morgan fingerprint density at radius 3 is 2.63 bits per heavy atom. The van der Waals surface area contributed by atoms with Gasteiger partial charge in [-0.3, -0.25) is 4.90 Å². The molecule has 2 amide bonds. The van der Waals surface area contributed by atoms with Crippen molar-refractivity contribution in [3.63, 3.8) is 0 Å². The number of carboxylic acids is 1. The van der Waals surface area contributed by atoms with Crippen LogP contribution in [-0.2, 0) is 4.79 Å². The van der Waals surface area contributed by atoms with Crippen LogP contribution >= 0.6 is 0 Å². The largest absolute Gasteiger partial charge is 0.480 e. The van der Waals surface area contributed by atoms with Crippen molar-refractivity contribution < 1.29 is 14.7 Å². The first-order valence-corrected chi connectivity index (χ1v) is 7.03. The van der Waals surface area contributed by atoms with E-state index in [0.29, 0.717) is 32.1 Å². The second-order valence-electron chi connectivity index (χ2n) is 5.46. The molecule has 2 rings (SSSR count). The molecule has 0 radical (unpaired) electrons. The number of likely N-dealkylation sites (N-methyl/N-ethyl adjacent to an activating group) is 1. The van der Waals surface area contributed by atoms with E-state index in [9.17, 15) is 9.59 Å². The van der Waals surface area contributed by atoms with E-state index in [-0.39, 0.29) is 6.03 Å². The maximum atomic E-state index is 12.5. The first-order valence-electron chi connectivity index (χ1n) is 7.03. The smallest absolute Gasteiger partial charge is 0.326 e. The Balaban J connectivity index is 2.01. The number of nitrogens with zero attached hydrogens (tertiary/aromatic N) is 3. The van der Waals surface area contributed by atoms with Gasteiger partial charge in [0.25, 0.3) is 0 Å². The molecule has 0 saturated carbocycles. The Kier molecular flexibility index (Phi) is 4.29. The number of aliphatic carboxylic acids is 1. The van der Waals surface area contributed by atoms with Crippen LogP contribution in [0.5, 0.6) is 0 Å². The van der Waals surface area contributed by atoms with E-state index >= 15 is 0 Å². The van der Waals surface area contributed by atoms with Crippen LogP contribution in [0.25, 0.3) is 0 Å². The second kappa shape index (κ2) is 5.77. The normalized spacial score (nSPS) is 28.7. The van der Waals surface area contributed by atoms with Crippen molar-refractivity contribution in [3.8, 4) is 0 Å². The van der Waals surface area contributed by atoms with Crippen molar-refractivity contribution in [2.75, 3.05) is 33.2 Å². The molecule has 108 valence electrons. The summed E-state index contributed by atoms with van der Waals surface area (Å²) in [4.78, 5) is 29.2. The fourth-order valence-corrected chi connectivity index (χ4v) is 2.99. The van der Waals surface area contributed by atoms with Crippen molar-refractivity contribution in [1.29, 1.82) is 0 Å². The van der Waals surface area contributed by atoms with Gasteiger partial charge >= 0.3 is 12.0 Å². The van der Waals surface area contributed by atoms with Crippen molar-refractivity contribution in [3.05, 3.63) is 0 Å². The number of hydrogen-bond donors (Lipinski definition) is 1. The molecule has 1 N–H and O–H groups in total. The third-order valence-electron chi connectivity index (χ3n) is 4.30. The van der Waals surface area contributed by atoms with Crippen molar-refractivity contribution in [2.45, 2.75) is 38.3 Å². The molecule has 2 atom stereocenters. The van der Waals surface area contributed by atoms with Gasteiger partial charge in [0.05, 0.1) is 0 Å². The number of rotatable bonds is 2. The minimum absolute atomic E-state index is 0.101. The van der Waals surface area contributed by atoms with Crippen LogP contribution in [0.3, 0.4) is 0 Å². The van der Waals surface area contributed by atoms with Gasteiger partial charge in [0, 0.05) is 32.2 Å². The monoisotopic (exact) mass is 269 g/mol. The third kappa shape index (κ3) is 2.83. The highest BCUT2D eigenvalue weighted by atomic mass is 16.4. The van der Waals surface area contributed by atoms with Gasteiger partial charge in [-0.25, -0.2) is 9.59 Å². The summed E-state index contributed by atoms with van der Waals surface area (Å²) in [5, 5.41) is 9.15. The molecule has 6 nitrogen and oxygen atoms in total. The number of piperazine rings is 1. The maximum absolute atomic E-state index is 12.5. The standard InChI is InChI=1S/C13H23N3O3/c1-3-10-9-15(8-7-14(10)2)13(19)16-6-4-5-11(16)12(17)18/h10-11H,3-9H2,1-2H3,(H,17,18)/t10?,11-/m1/s1.